The average molecular weight is 255 g/mol. The molecule has 0 aliphatic heterocycles. The minimum absolute atomic E-state index is 0.403. The molecule has 0 radical (unpaired) electrons. The van der Waals surface area contributed by atoms with E-state index < -0.39 is 0 Å². The number of hydrogen-bond donors (Lipinski definition) is 2. The fraction of sp³-hybridized carbons (Fsp3) is 0.286. The van der Waals surface area contributed by atoms with E-state index in [4.69, 9.17) is 5.73 Å². The summed E-state index contributed by atoms with van der Waals surface area (Å²) in [5.41, 5.74) is 7.24. The zero-order valence-electron chi connectivity index (χ0n) is 10.9. The Morgan fingerprint density at radius 3 is 2.74 bits per heavy atom. The monoisotopic (exact) mass is 255 g/mol. The first-order valence-corrected chi connectivity index (χ1v) is 6.34. The van der Waals surface area contributed by atoms with Crippen molar-refractivity contribution < 1.29 is 0 Å². The molecule has 0 bridgehead atoms. The topological polar surface area (TPSA) is 79.7 Å². The van der Waals surface area contributed by atoms with E-state index in [0.717, 1.165) is 25.1 Å². The molecular weight excluding hydrogens is 238 g/mol. The Bertz CT molecular complexity index is 580. The predicted molar refractivity (Wildman–Crippen MR) is 76.0 cm³/mol. The maximum absolute atomic E-state index is 9.19. The molecule has 0 saturated carbocycles. The van der Waals surface area contributed by atoms with Crippen LogP contribution in [0.25, 0.3) is 0 Å². The third-order valence-corrected chi connectivity index (χ3v) is 2.86. The number of unbranched alkanes of at least 4 members (excludes halogenated alkanes) is 1. The molecule has 1 aromatic heterocycles. The number of nitrogens with zero attached hydrogens (tertiary/aromatic N) is 3. The lowest BCUT2D eigenvalue weighted by Gasteiger charge is -2.02. The second-order valence-electron chi connectivity index (χ2n) is 4.29. The van der Waals surface area contributed by atoms with Crippen molar-refractivity contribution >= 4 is 17.3 Å². The number of aromatic nitrogens is 2. The number of hydrogen-bond acceptors (Lipinski definition) is 4. The van der Waals surface area contributed by atoms with Gasteiger partial charge in [0.05, 0.1) is 0 Å². The van der Waals surface area contributed by atoms with Crippen LogP contribution in [0.15, 0.2) is 30.3 Å². The highest BCUT2D eigenvalue weighted by atomic mass is 15.3. The Kier molecular flexibility index (Phi) is 4.04. The van der Waals surface area contributed by atoms with Gasteiger partial charge in [0, 0.05) is 12.2 Å². The summed E-state index contributed by atoms with van der Waals surface area (Å²) in [6.07, 6.45) is 2.05. The van der Waals surface area contributed by atoms with Crippen molar-refractivity contribution in [1.82, 2.24) is 9.78 Å². The van der Waals surface area contributed by atoms with Crippen LogP contribution in [0.3, 0.4) is 0 Å². The van der Waals surface area contributed by atoms with Gasteiger partial charge in [0.1, 0.15) is 17.5 Å². The molecule has 3 N–H and O–H groups in total. The van der Waals surface area contributed by atoms with Gasteiger partial charge in [-0.1, -0.05) is 31.5 Å². The summed E-state index contributed by atoms with van der Waals surface area (Å²) in [4.78, 5) is 0. The van der Waals surface area contributed by atoms with Gasteiger partial charge in [0.25, 0.3) is 0 Å². The van der Waals surface area contributed by atoms with E-state index in [-0.39, 0.29) is 0 Å². The van der Waals surface area contributed by atoms with Crippen LogP contribution < -0.4 is 11.1 Å². The van der Waals surface area contributed by atoms with Gasteiger partial charge in [-0.05, 0) is 18.6 Å². The zero-order chi connectivity index (χ0) is 13.7. The van der Waals surface area contributed by atoms with Crippen LogP contribution in [-0.4, -0.2) is 9.78 Å². The fourth-order valence-electron chi connectivity index (χ4n) is 1.81. The summed E-state index contributed by atoms with van der Waals surface area (Å²) in [7, 11) is 0. The first-order chi connectivity index (χ1) is 9.26. The third-order valence-electron chi connectivity index (χ3n) is 2.86. The maximum atomic E-state index is 9.19. The molecular formula is C14H17N5. The molecule has 0 aliphatic carbocycles. The molecule has 0 fully saturated rings. The molecule has 98 valence electrons. The van der Waals surface area contributed by atoms with Crippen LogP contribution in [0.5, 0.6) is 0 Å². The van der Waals surface area contributed by atoms with Crippen molar-refractivity contribution in [3.8, 4) is 6.07 Å². The van der Waals surface area contributed by atoms with Crippen LogP contribution in [0.1, 0.15) is 25.3 Å². The molecule has 0 saturated heterocycles. The molecule has 0 atom stereocenters. The second-order valence-corrected chi connectivity index (χ2v) is 4.29. The largest absolute Gasteiger partial charge is 0.383 e. The van der Waals surface area contributed by atoms with Gasteiger partial charge in [-0.25, -0.2) is 4.68 Å². The third kappa shape index (κ3) is 2.86. The molecule has 1 aromatic carbocycles. The molecule has 0 spiro atoms. The quantitative estimate of drug-likeness (QED) is 0.861. The number of nitrogens with two attached hydrogens (primary N) is 1. The second kappa shape index (κ2) is 5.91. The molecule has 0 aliphatic rings. The smallest absolute Gasteiger partial charge is 0.172 e. The van der Waals surface area contributed by atoms with Crippen molar-refractivity contribution in [3.63, 3.8) is 0 Å². The summed E-state index contributed by atoms with van der Waals surface area (Å²) in [5.74, 6) is 0.941. The van der Waals surface area contributed by atoms with Crippen LogP contribution >= 0.6 is 0 Å². The van der Waals surface area contributed by atoms with Gasteiger partial charge >= 0.3 is 0 Å². The lowest BCUT2D eigenvalue weighted by Crippen LogP contribution is -2.05. The number of nitriles is 1. The molecule has 1 heterocycles. The van der Waals surface area contributed by atoms with Gasteiger partial charge in [-0.15, -0.1) is 0 Å². The van der Waals surface area contributed by atoms with Gasteiger partial charge in [0.2, 0.25) is 0 Å². The highest BCUT2D eigenvalue weighted by molar-refractivity contribution is 5.69. The Labute approximate surface area is 112 Å². The Balaban J connectivity index is 2.27. The highest BCUT2D eigenvalue weighted by Gasteiger charge is 2.15. The first kappa shape index (κ1) is 13.0. The summed E-state index contributed by atoms with van der Waals surface area (Å²) >= 11 is 0. The summed E-state index contributed by atoms with van der Waals surface area (Å²) in [6.45, 7) is 2.83. The van der Waals surface area contributed by atoms with Crippen molar-refractivity contribution in [2.75, 3.05) is 11.1 Å². The Morgan fingerprint density at radius 1 is 1.37 bits per heavy atom. The van der Waals surface area contributed by atoms with Crippen molar-refractivity contribution in [2.24, 2.45) is 0 Å². The predicted octanol–water partition coefficient (Wildman–Crippen LogP) is 2.88. The molecule has 5 heteroatoms. The van der Waals surface area contributed by atoms with E-state index in [9.17, 15) is 5.26 Å². The minimum Gasteiger partial charge on any atom is -0.383 e. The number of nitrogen functional groups attached to an aromatic ring is 1. The Hall–Kier alpha value is -2.48. The van der Waals surface area contributed by atoms with E-state index >= 15 is 0 Å². The highest BCUT2D eigenvalue weighted by Crippen LogP contribution is 2.24. The fourth-order valence-corrected chi connectivity index (χ4v) is 1.81. The zero-order valence-corrected chi connectivity index (χ0v) is 10.9. The van der Waals surface area contributed by atoms with E-state index in [0.29, 0.717) is 17.2 Å². The number of nitrogens with one attached hydrogen (secondary N) is 1. The van der Waals surface area contributed by atoms with E-state index in [1.54, 1.807) is 4.68 Å². The summed E-state index contributed by atoms with van der Waals surface area (Å²) in [5, 5.41) is 16.7. The van der Waals surface area contributed by atoms with Crippen LogP contribution in [0.4, 0.5) is 17.3 Å². The van der Waals surface area contributed by atoms with E-state index in [1.165, 1.54) is 0 Å². The number of anilines is 3. The lowest BCUT2D eigenvalue weighted by molar-refractivity contribution is 0.580. The molecule has 19 heavy (non-hydrogen) atoms. The van der Waals surface area contributed by atoms with E-state index in [1.807, 2.05) is 30.3 Å². The number of aryl methyl sites for hydroxylation is 1. The van der Waals surface area contributed by atoms with Crippen molar-refractivity contribution in [1.29, 1.82) is 5.26 Å². The Morgan fingerprint density at radius 2 is 2.11 bits per heavy atom. The molecule has 5 nitrogen and oxygen atoms in total. The van der Waals surface area contributed by atoms with Crippen LogP contribution in [0.2, 0.25) is 0 Å². The number of benzene rings is 1. The van der Waals surface area contributed by atoms with Gasteiger partial charge in [-0.3, -0.25) is 0 Å². The first-order valence-electron chi connectivity index (χ1n) is 6.34. The summed E-state index contributed by atoms with van der Waals surface area (Å²) in [6, 6.07) is 11.7. The van der Waals surface area contributed by atoms with Gasteiger partial charge in [0.15, 0.2) is 5.82 Å². The normalized spacial score (nSPS) is 10.1. The SMILES string of the molecule is CCCCn1nc(Nc2ccccc2)c(C#N)c1N. The molecule has 2 rings (SSSR count). The van der Waals surface area contributed by atoms with Crippen LogP contribution in [0, 0.1) is 11.3 Å². The molecule has 2 aromatic rings. The van der Waals surface area contributed by atoms with Crippen molar-refractivity contribution in [3.05, 3.63) is 35.9 Å². The van der Waals surface area contributed by atoms with Gasteiger partial charge < -0.3 is 11.1 Å². The number of para-hydroxylation sites is 1. The van der Waals surface area contributed by atoms with Gasteiger partial charge in [-0.2, -0.15) is 10.4 Å². The molecule has 0 unspecified atom stereocenters. The standard InChI is InChI=1S/C14H17N5/c1-2-3-9-19-13(16)12(10-15)14(18-19)17-11-7-5-4-6-8-11/h4-8H,2-3,9,16H2,1H3,(H,17,18). The van der Waals surface area contributed by atoms with Crippen molar-refractivity contribution in [2.45, 2.75) is 26.3 Å². The lowest BCUT2D eigenvalue weighted by atomic mass is 10.3. The minimum atomic E-state index is 0.403. The average Bonchev–Trinajstić information content (AvgIpc) is 2.73. The molecule has 0 amide bonds. The van der Waals surface area contributed by atoms with Crippen LogP contribution in [-0.2, 0) is 6.54 Å². The number of rotatable bonds is 5. The van der Waals surface area contributed by atoms with E-state index in [2.05, 4.69) is 23.4 Å². The maximum Gasteiger partial charge on any atom is 0.172 e. The summed E-state index contributed by atoms with van der Waals surface area (Å²) < 4.78 is 1.69.